The number of urea groups is 1. The van der Waals surface area contributed by atoms with E-state index >= 15 is 0 Å². The fraction of sp³-hybridized carbons (Fsp3) is 0.278. The summed E-state index contributed by atoms with van der Waals surface area (Å²) in [5, 5.41) is 6.39. The topological polar surface area (TPSA) is 50.4 Å². The summed E-state index contributed by atoms with van der Waals surface area (Å²) in [4.78, 5) is 12.0. The summed E-state index contributed by atoms with van der Waals surface area (Å²) in [6, 6.07) is 14.8. The van der Waals surface area contributed by atoms with Gasteiger partial charge < -0.3 is 15.4 Å². The molecule has 0 saturated carbocycles. The van der Waals surface area contributed by atoms with Crippen molar-refractivity contribution in [2.75, 3.05) is 6.61 Å². The molecule has 23 heavy (non-hydrogen) atoms. The number of carbonyl (C=O) groups is 1. The molecule has 2 aromatic rings. The average molecular weight is 333 g/mol. The molecule has 0 aliphatic rings. The lowest BCUT2D eigenvalue weighted by Crippen LogP contribution is -2.36. The van der Waals surface area contributed by atoms with Crippen LogP contribution in [-0.4, -0.2) is 12.6 Å². The Balaban J connectivity index is 1.84. The average Bonchev–Trinajstić information content (AvgIpc) is 2.54. The predicted molar refractivity (Wildman–Crippen MR) is 92.8 cm³/mol. The fourth-order valence-corrected chi connectivity index (χ4v) is 2.39. The van der Waals surface area contributed by atoms with Gasteiger partial charge >= 0.3 is 6.03 Å². The van der Waals surface area contributed by atoms with Crippen LogP contribution in [0.3, 0.4) is 0 Å². The van der Waals surface area contributed by atoms with Gasteiger partial charge in [-0.15, -0.1) is 0 Å². The Kier molecular flexibility index (Phi) is 6.29. The van der Waals surface area contributed by atoms with Gasteiger partial charge in [0, 0.05) is 11.6 Å². The van der Waals surface area contributed by atoms with Crippen molar-refractivity contribution in [3.63, 3.8) is 0 Å². The summed E-state index contributed by atoms with van der Waals surface area (Å²) < 4.78 is 5.41. The zero-order valence-corrected chi connectivity index (χ0v) is 14.1. The Hall–Kier alpha value is -2.20. The Morgan fingerprint density at radius 1 is 1.22 bits per heavy atom. The van der Waals surface area contributed by atoms with Crippen molar-refractivity contribution < 1.29 is 9.53 Å². The molecule has 2 amide bonds. The first kappa shape index (κ1) is 17.2. The second kappa shape index (κ2) is 8.44. The van der Waals surface area contributed by atoms with E-state index in [9.17, 15) is 4.79 Å². The third kappa shape index (κ3) is 5.49. The van der Waals surface area contributed by atoms with Gasteiger partial charge in [-0.1, -0.05) is 35.9 Å². The second-order valence-corrected chi connectivity index (χ2v) is 5.62. The third-order valence-electron chi connectivity index (χ3n) is 3.38. The molecule has 4 nitrogen and oxygen atoms in total. The van der Waals surface area contributed by atoms with Crippen LogP contribution >= 0.6 is 11.6 Å². The van der Waals surface area contributed by atoms with Crippen molar-refractivity contribution in [2.24, 2.45) is 0 Å². The quantitative estimate of drug-likeness (QED) is 0.828. The van der Waals surface area contributed by atoms with Crippen LogP contribution in [0.2, 0.25) is 5.02 Å². The number of rotatable bonds is 6. The molecule has 2 N–H and O–H groups in total. The first-order valence-corrected chi connectivity index (χ1v) is 7.98. The lowest BCUT2D eigenvalue weighted by molar-refractivity contribution is 0.237. The molecule has 2 rings (SSSR count). The molecule has 5 heteroatoms. The van der Waals surface area contributed by atoms with E-state index in [4.69, 9.17) is 16.3 Å². The van der Waals surface area contributed by atoms with Crippen LogP contribution in [0.1, 0.15) is 31.0 Å². The van der Waals surface area contributed by atoms with Gasteiger partial charge in [-0.2, -0.15) is 0 Å². The third-order valence-corrected chi connectivity index (χ3v) is 3.62. The SMILES string of the molecule is CCOc1ccc(C(C)NC(=O)NCc2cccc(Cl)c2)cc1. The molecule has 0 heterocycles. The van der Waals surface area contributed by atoms with Gasteiger partial charge in [-0.05, 0) is 49.2 Å². The number of benzene rings is 2. The van der Waals surface area contributed by atoms with Crippen molar-refractivity contribution in [1.29, 1.82) is 0 Å². The van der Waals surface area contributed by atoms with Crippen LogP contribution in [0.15, 0.2) is 48.5 Å². The van der Waals surface area contributed by atoms with Gasteiger partial charge in [0.25, 0.3) is 0 Å². The zero-order valence-electron chi connectivity index (χ0n) is 13.3. The maximum Gasteiger partial charge on any atom is 0.315 e. The monoisotopic (exact) mass is 332 g/mol. The largest absolute Gasteiger partial charge is 0.494 e. The molecular formula is C18H21ClN2O2. The molecule has 0 bridgehead atoms. The van der Waals surface area contributed by atoms with E-state index in [-0.39, 0.29) is 12.1 Å². The number of halogens is 1. The zero-order chi connectivity index (χ0) is 16.7. The van der Waals surface area contributed by atoms with Crippen molar-refractivity contribution in [1.82, 2.24) is 10.6 Å². The highest BCUT2D eigenvalue weighted by Gasteiger charge is 2.09. The first-order chi connectivity index (χ1) is 11.1. The van der Waals surface area contributed by atoms with Gasteiger partial charge in [0.1, 0.15) is 5.75 Å². The van der Waals surface area contributed by atoms with E-state index in [0.717, 1.165) is 16.9 Å². The lowest BCUT2D eigenvalue weighted by atomic mass is 10.1. The highest BCUT2D eigenvalue weighted by Crippen LogP contribution is 2.17. The number of nitrogens with one attached hydrogen (secondary N) is 2. The predicted octanol–water partition coefficient (Wildman–Crippen LogP) is 4.30. The molecule has 0 aliphatic heterocycles. The maximum absolute atomic E-state index is 12.0. The van der Waals surface area contributed by atoms with E-state index in [0.29, 0.717) is 18.2 Å². The molecule has 122 valence electrons. The molecule has 0 spiro atoms. The van der Waals surface area contributed by atoms with Gasteiger partial charge in [-0.25, -0.2) is 4.79 Å². The minimum Gasteiger partial charge on any atom is -0.494 e. The highest BCUT2D eigenvalue weighted by atomic mass is 35.5. The van der Waals surface area contributed by atoms with Crippen molar-refractivity contribution in [3.8, 4) is 5.75 Å². The van der Waals surface area contributed by atoms with E-state index < -0.39 is 0 Å². The molecule has 0 fully saturated rings. The van der Waals surface area contributed by atoms with E-state index in [1.807, 2.05) is 56.3 Å². The summed E-state index contributed by atoms with van der Waals surface area (Å²) in [5.74, 6) is 0.828. The van der Waals surface area contributed by atoms with Crippen LogP contribution < -0.4 is 15.4 Å². The lowest BCUT2D eigenvalue weighted by Gasteiger charge is -2.15. The Bertz CT molecular complexity index is 644. The highest BCUT2D eigenvalue weighted by molar-refractivity contribution is 6.30. The van der Waals surface area contributed by atoms with Crippen LogP contribution in [-0.2, 0) is 6.54 Å². The summed E-state index contributed by atoms with van der Waals surface area (Å²) in [6.07, 6.45) is 0. The number of carbonyl (C=O) groups excluding carboxylic acids is 1. The number of hydrogen-bond donors (Lipinski definition) is 2. The first-order valence-electron chi connectivity index (χ1n) is 7.60. The molecule has 0 aliphatic carbocycles. The summed E-state index contributed by atoms with van der Waals surface area (Å²) in [7, 11) is 0. The molecular weight excluding hydrogens is 312 g/mol. The van der Waals surface area contributed by atoms with Crippen LogP contribution in [0.25, 0.3) is 0 Å². The molecule has 0 aromatic heterocycles. The van der Waals surface area contributed by atoms with E-state index in [1.165, 1.54) is 0 Å². The minimum atomic E-state index is -0.216. The Labute approximate surface area is 141 Å². The molecule has 2 aromatic carbocycles. The van der Waals surface area contributed by atoms with Gasteiger partial charge in [0.05, 0.1) is 12.6 Å². The van der Waals surface area contributed by atoms with E-state index in [2.05, 4.69) is 10.6 Å². The molecule has 1 unspecified atom stereocenters. The number of amides is 2. The second-order valence-electron chi connectivity index (χ2n) is 5.18. The molecule has 0 radical (unpaired) electrons. The van der Waals surface area contributed by atoms with Crippen molar-refractivity contribution in [3.05, 3.63) is 64.7 Å². The Morgan fingerprint density at radius 2 is 1.96 bits per heavy atom. The van der Waals surface area contributed by atoms with Crippen molar-refractivity contribution in [2.45, 2.75) is 26.4 Å². The number of hydrogen-bond acceptors (Lipinski definition) is 2. The minimum absolute atomic E-state index is 0.0926. The number of ether oxygens (including phenoxy) is 1. The maximum atomic E-state index is 12.0. The van der Waals surface area contributed by atoms with Gasteiger partial charge in [0.15, 0.2) is 0 Å². The molecule has 1 atom stereocenters. The normalized spacial score (nSPS) is 11.6. The van der Waals surface area contributed by atoms with Crippen LogP contribution in [0.4, 0.5) is 4.79 Å². The smallest absolute Gasteiger partial charge is 0.315 e. The van der Waals surface area contributed by atoms with Crippen LogP contribution in [0.5, 0.6) is 5.75 Å². The standard InChI is InChI=1S/C18H21ClN2O2/c1-3-23-17-9-7-15(8-10-17)13(2)21-18(22)20-12-14-5-4-6-16(19)11-14/h4-11,13H,3,12H2,1-2H3,(H2,20,21,22). The van der Waals surface area contributed by atoms with Gasteiger partial charge in [-0.3, -0.25) is 0 Å². The van der Waals surface area contributed by atoms with E-state index in [1.54, 1.807) is 6.07 Å². The summed E-state index contributed by atoms with van der Waals surface area (Å²) in [6.45, 7) is 4.96. The molecule has 0 saturated heterocycles. The van der Waals surface area contributed by atoms with Crippen molar-refractivity contribution >= 4 is 17.6 Å². The van der Waals surface area contributed by atoms with Gasteiger partial charge in [0.2, 0.25) is 0 Å². The summed E-state index contributed by atoms with van der Waals surface area (Å²) in [5.41, 5.74) is 1.98. The van der Waals surface area contributed by atoms with Crippen LogP contribution in [0, 0.1) is 0 Å². The summed E-state index contributed by atoms with van der Waals surface area (Å²) >= 11 is 5.92. The fourth-order valence-electron chi connectivity index (χ4n) is 2.18. The Morgan fingerprint density at radius 3 is 2.61 bits per heavy atom.